The number of nitriles is 1. The zero-order valence-corrected chi connectivity index (χ0v) is 19.1. The predicted octanol–water partition coefficient (Wildman–Crippen LogP) is 2.75. The van der Waals surface area contributed by atoms with Gasteiger partial charge in [-0.05, 0) is 37.3 Å². The first kappa shape index (κ1) is 23.1. The number of nitrogens with zero attached hydrogens (tertiary/aromatic N) is 2. The number of Topliss-reactive ketones (excluding diaryl/α,β-unsaturated/α-hetero) is 1. The van der Waals surface area contributed by atoms with Gasteiger partial charge >= 0.3 is 0 Å². The third-order valence-electron chi connectivity index (χ3n) is 6.31. The van der Waals surface area contributed by atoms with Crippen molar-refractivity contribution in [3.05, 3.63) is 23.0 Å². The van der Waals surface area contributed by atoms with Crippen molar-refractivity contribution in [2.75, 3.05) is 13.7 Å². The van der Waals surface area contributed by atoms with Gasteiger partial charge in [-0.2, -0.15) is 5.26 Å². The molecule has 0 bridgehead atoms. The van der Waals surface area contributed by atoms with Crippen LogP contribution in [0.3, 0.4) is 0 Å². The maximum atomic E-state index is 13.0. The van der Waals surface area contributed by atoms with E-state index in [1.54, 1.807) is 12.1 Å². The van der Waals surface area contributed by atoms with Crippen LogP contribution in [0.5, 0.6) is 5.75 Å². The molecule has 1 aliphatic carbocycles. The fraction of sp³-hybridized carbons (Fsp3) is 0.522. The number of aromatic amines is 1. The Kier molecular flexibility index (Phi) is 6.84. The van der Waals surface area contributed by atoms with Crippen molar-refractivity contribution in [1.82, 2.24) is 20.6 Å². The molecule has 33 heavy (non-hydrogen) atoms. The number of hydrogen-bond donors (Lipinski definition) is 3. The molecule has 3 N–H and O–H groups in total. The maximum absolute atomic E-state index is 13.0. The molecule has 3 atom stereocenters. The van der Waals surface area contributed by atoms with Crippen LogP contribution in [-0.4, -0.2) is 47.3 Å². The van der Waals surface area contributed by atoms with Gasteiger partial charge in [-0.3, -0.25) is 14.4 Å². The van der Waals surface area contributed by atoms with Gasteiger partial charge in [0.1, 0.15) is 22.8 Å². The summed E-state index contributed by atoms with van der Waals surface area (Å²) >= 11 is 6.22. The number of benzene rings is 1. The summed E-state index contributed by atoms with van der Waals surface area (Å²) in [5, 5.41) is 15.4. The molecule has 0 spiro atoms. The van der Waals surface area contributed by atoms with Gasteiger partial charge in [0.2, 0.25) is 11.8 Å². The van der Waals surface area contributed by atoms with Crippen LogP contribution >= 0.6 is 11.6 Å². The second-order valence-electron chi connectivity index (χ2n) is 8.76. The number of methoxy groups -OCH3 is 1. The molecular formula is C23H26ClN5O4. The van der Waals surface area contributed by atoms with Crippen LogP contribution in [0.15, 0.2) is 12.1 Å². The number of aromatic nitrogens is 2. The van der Waals surface area contributed by atoms with E-state index in [4.69, 9.17) is 16.3 Å². The SMILES string of the molecule is COc1ccc(Cl)c2nc(C(=O)CC(CC3CC3)C(=O)NC(C#N)CC3CCNC3=O)[nH]c12. The Morgan fingerprint density at radius 3 is 2.76 bits per heavy atom. The van der Waals surface area contributed by atoms with E-state index in [1.807, 2.05) is 0 Å². The lowest BCUT2D eigenvalue weighted by atomic mass is 9.93. The molecule has 1 saturated carbocycles. The number of carbonyl (C=O) groups is 3. The standard InChI is InChI=1S/C23H26ClN5O4/c1-33-18-5-4-16(24)19-20(18)29-21(28-19)17(30)10-14(8-12-2-3-12)23(32)27-15(11-25)9-13-6-7-26-22(13)31/h4-5,12-15H,2-3,6-10H2,1H3,(H,26,31)(H,27,32)(H,28,29). The maximum Gasteiger partial charge on any atom is 0.224 e. The first-order valence-electron chi connectivity index (χ1n) is 11.1. The number of H-pyrrole nitrogens is 1. The third-order valence-corrected chi connectivity index (χ3v) is 6.62. The number of fused-ring (bicyclic) bond motifs is 1. The van der Waals surface area contributed by atoms with Gasteiger partial charge in [0.15, 0.2) is 11.6 Å². The van der Waals surface area contributed by atoms with E-state index < -0.39 is 12.0 Å². The van der Waals surface area contributed by atoms with Crippen LogP contribution in [0.4, 0.5) is 0 Å². The molecule has 2 aromatic rings. The minimum absolute atomic E-state index is 0.0375. The predicted molar refractivity (Wildman–Crippen MR) is 121 cm³/mol. The summed E-state index contributed by atoms with van der Waals surface area (Å²) in [5.74, 6) is -0.572. The fourth-order valence-electron chi connectivity index (χ4n) is 4.29. The average Bonchev–Trinajstić information content (AvgIpc) is 3.34. The largest absolute Gasteiger partial charge is 0.494 e. The summed E-state index contributed by atoms with van der Waals surface area (Å²) in [5.41, 5.74) is 0.956. The molecule has 3 unspecified atom stereocenters. The molecule has 174 valence electrons. The van der Waals surface area contributed by atoms with Crippen molar-refractivity contribution in [3.63, 3.8) is 0 Å². The summed E-state index contributed by atoms with van der Waals surface area (Å²) in [4.78, 5) is 45.2. The molecule has 1 saturated heterocycles. The van der Waals surface area contributed by atoms with E-state index in [0.29, 0.717) is 47.1 Å². The van der Waals surface area contributed by atoms with Gasteiger partial charge in [0.25, 0.3) is 0 Å². The lowest BCUT2D eigenvalue weighted by Gasteiger charge is -2.19. The van der Waals surface area contributed by atoms with Gasteiger partial charge in [-0.25, -0.2) is 4.98 Å². The Hall–Kier alpha value is -3.12. The number of ketones is 1. The lowest BCUT2D eigenvalue weighted by molar-refractivity contribution is -0.127. The van der Waals surface area contributed by atoms with E-state index in [-0.39, 0.29) is 42.2 Å². The topological polar surface area (TPSA) is 137 Å². The molecule has 2 amide bonds. The normalized spacial score (nSPS) is 19.5. The average molecular weight is 472 g/mol. The van der Waals surface area contributed by atoms with Crippen molar-refractivity contribution in [2.24, 2.45) is 17.8 Å². The lowest BCUT2D eigenvalue weighted by Crippen LogP contribution is -2.40. The van der Waals surface area contributed by atoms with Crippen LogP contribution in [0, 0.1) is 29.1 Å². The molecule has 9 nitrogen and oxygen atoms in total. The van der Waals surface area contributed by atoms with Crippen LogP contribution < -0.4 is 15.4 Å². The molecule has 1 aromatic heterocycles. The molecule has 2 aliphatic rings. The number of halogens is 1. The Morgan fingerprint density at radius 1 is 1.33 bits per heavy atom. The van der Waals surface area contributed by atoms with E-state index in [0.717, 1.165) is 12.8 Å². The Morgan fingerprint density at radius 2 is 2.12 bits per heavy atom. The zero-order chi connectivity index (χ0) is 23.5. The Labute approximate surface area is 196 Å². The van der Waals surface area contributed by atoms with E-state index in [9.17, 15) is 19.6 Å². The van der Waals surface area contributed by atoms with Gasteiger partial charge in [0, 0.05) is 24.8 Å². The van der Waals surface area contributed by atoms with Crippen LogP contribution in [0.25, 0.3) is 11.0 Å². The monoisotopic (exact) mass is 471 g/mol. The van der Waals surface area contributed by atoms with E-state index in [2.05, 4.69) is 26.7 Å². The highest BCUT2D eigenvalue weighted by Crippen LogP contribution is 2.37. The molecule has 1 aliphatic heterocycles. The second-order valence-corrected chi connectivity index (χ2v) is 9.17. The summed E-state index contributed by atoms with van der Waals surface area (Å²) < 4.78 is 5.31. The van der Waals surface area contributed by atoms with Crippen molar-refractivity contribution in [2.45, 2.75) is 44.6 Å². The summed E-state index contributed by atoms with van der Waals surface area (Å²) in [7, 11) is 1.52. The van der Waals surface area contributed by atoms with E-state index >= 15 is 0 Å². The molecule has 10 heteroatoms. The number of carbonyl (C=O) groups excluding carboxylic acids is 3. The first-order valence-corrected chi connectivity index (χ1v) is 11.5. The van der Waals surface area contributed by atoms with Crippen LogP contribution in [-0.2, 0) is 9.59 Å². The third kappa shape index (κ3) is 5.28. The molecule has 1 aromatic carbocycles. The van der Waals surface area contributed by atoms with Crippen LogP contribution in [0.1, 0.15) is 49.1 Å². The van der Waals surface area contributed by atoms with Crippen molar-refractivity contribution in [3.8, 4) is 11.8 Å². The highest BCUT2D eigenvalue weighted by molar-refractivity contribution is 6.35. The van der Waals surface area contributed by atoms with Crippen molar-refractivity contribution in [1.29, 1.82) is 5.26 Å². The molecule has 0 radical (unpaired) electrons. The molecular weight excluding hydrogens is 446 g/mol. The Bertz CT molecular complexity index is 1120. The van der Waals surface area contributed by atoms with Crippen LogP contribution in [0.2, 0.25) is 5.02 Å². The smallest absolute Gasteiger partial charge is 0.224 e. The Balaban J connectivity index is 1.47. The van der Waals surface area contributed by atoms with Crippen molar-refractivity contribution >= 4 is 40.2 Å². The highest BCUT2D eigenvalue weighted by Gasteiger charge is 2.34. The van der Waals surface area contributed by atoms with E-state index in [1.165, 1.54) is 7.11 Å². The van der Waals surface area contributed by atoms with Gasteiger partial charge in [-0.1, -0.05) is 24.4 Å². The molecule has 4 rings (SSSR count). The summed E-state index contributed by atoms with van der Waals surface area (Å²) in [6.07, 6.45) is 3.50. The van der Waals surface area contributed by atoms with Gasteiger partial charge in [-0.15, -0.1) is 0 Å². The minimum atomic E-state index is -0.780. The highest BCUT2D eigenvalue weighted by atomic mass is 35.5. The molecule has 2 fully saturated rings. The van der Waals surface area contributed by atoms with Gasteiger partial charge in [0.05, 0.1) is 18.2 Å². The number of rotatable bonds is 10. The number of nitrogens with one attached hydrogen (secondary N) is 3. The molecule has 2 heterocycles. The number of hydrogen-bond acceptors (Lipinski definition) is 6. The minimum Gasteiger partial charge on any atom is -0.494 e. The van der Waals surface area contributed by atoms with Crippen molar-refractivity contribution < 1.29 is 19.1 Å². The number of imidazole rings is 1. The fourth-order valence-corrected chi connectivity index (χ4v) is 4.48. The summed E-state index contributed by atoms with van der Waals surface area (Å²) in [6.45, 7) is 0.584. The first-order chi connectivity index (χ1) is 15.9. The second kappa shape index (κ2) is 9.79. The quantitative estimate of drug-likeness (QED) is 0.455. The zero-order valence-electron chi connectivity index (χ0n) is 18.3. The number of ether oxygens (including phenoxy) is 1. The summed E-state index contributed by atoms with van der Waals surface area (Å²) in [6, 6.07) is 4.64. The number of amides is 2. The van der Waals surface area contributed by atoms with Gasteiger partial charge < -0.3 is 20.4 Å².